The van der Waals surface area contributed by atoms with Crippen LogP contribution in [0.3, 0.4) is 0 Å². The molecule has 0 aliphatic carbocycles. The van der Waals surface area contributed by atoms with Gasteiger partial charge in [0.2, 0.25) is 0 Å². The van der Waals surface area contributed by atoms with Crippen molar-refractivity contribution in [3.63, 3.8) is 0 Å². The van der Waals surface area contributed by atoms with Crippen LogP contribution >= 0.6 is 11.8 Å². The Kier molecular flexibility index (Phi) is 3.87. The van der Waals surface area contributed by atoms with Gasteiger partial charge in [-0.3, -0.25) is 4.90 Å². The standard InChI is InChI=1S/C9H19NOS/c1-7(6-11)10-4-8(2)12-9(3)5-10/h7-9,11H,4-6H2,1-3H3. The molecule has 3 atom stereocenters. The molecule has 3 heteroatoms. The molecule has 0 aromatic carbocycles. The molecule has 0 spiro atoms. The smallest absolute Gasteiger partial charge is 0.0584 e. The van der Waals surface area contributed by atoms with Gasteiger partial charge in [-0.25, -0.2) is 0 Å². The summed E-state index contributed by atoms with van der Waals surface area (Å²) in [5, 5.41) is 10.4. The number of hydrogen-bond acceptors (Lipinski definition) is 3. The highest BCUT2D eigenvalue weighted by molar-refractivity contribution is 8.00. The Morgan fingerprint density at radius 1 is 1.42 bits per heavy atom. The van der Waals surface area contributed by atoms with Crippen LogP contribution < -0.4 is 0 Å². The molecule has 3 unspecified atom stereocenters. The van der Waals surface area contributed by atoms with Crippen LogP contribution in [0.25, 0.3) is 0 Å². The summed E-state index contributed by atoms with van der Waals surface area (Å²) in [7, 11) is 0. The third kappa shape index (κ3) is 2.64. The molecule has 0 radical (unpaired) electrons. The van der Waals surface area contributed by atoms with E-state index >= 15 is 0 Å². The van der Waals surface area contributed by atoms with E-state index in [0.29, 0.717) is 16.5 Å². The van der Waals surface area contributed by atoms with Gasteiger partial charge >= 0.3 is 0 Å². The van der Waals surface area contributed by atoms with Crippen molar-refractivity contribution in [3.8, 4) is 0 Å². The highest BCUT2D eigenvalue weighted by Crippen LogP contribution is 2.25. The fourth-order valence-corrected chi connectivity index (χ4v) is 3.04. The van der Waals surface area contributed by atoms with E-state index in [0.717, 1.165) is 13.1 Å². The summed E-state index contributed by atoms with van der Waals surface area (Å²) in [6.45, 7) is 9.14. The van der Waals surface area contributed by atoms with Crippen LogP contribution in [-0.4, -0.2) is 46.2 Å². The van der Waals surface area contributed by atoms with Crippen molar-refractivity contribution in [1.82, 2.24) is 4.90 Å². The van der Waals surface area contributed by atoms with E-state index in [4.69, 9.17) is 5.11 Å². The van der Waals surface area contributed by atoms with Gasteiger partial charge < -0.3 is 5.11 Å². The predicted molar refractivity (Wildman–Crippen MR) is 54.6 cm³/mol. The van der Waals surface area contributed by atoms with Gasteiger partial charge in [-0.1, -0.05) is 13.8 Å². The van der Waals surface area contributed by atoms with Crippen LogP contribution in [0.2, 0.25) is 0 Å². The van der Waals surface area contributed by atoms with E-state index in [2.05, 4.69) is 25.7 Å². The summed E-state index contributed by atoms with van der Waals surface area (Å²) in [6, 6.07) is 0.329. The molecule has 2 nitrogen and oxygen atoms in total. The molecule has 1 saturated heterocycles. The van der Waals surface area contributed by atoms with Gasteiger partial charge in [0.15, 0.2) is 0 Å². The minimum absolute atomic E-state index is 0.282. The second kappa shape index (κ2) is 4.49. The highest BCUT2D eigenvalue weighted by Gasteiger charge is 2.24. The first-order valence-corrected chi connectivity index (χ1v) is 5.58. The lowest BCUT2D eigenvalue weighted by atomic mass is 10.2. The average molecular weight is 189 g/mol. The lowest BCUT2D eigenvalue weighted by molar-refractivity contribution is 0.133. The van der Waals surface area contributed by atoms with Crippen LogP contribution in [0.5, 0.6) is 0 Å². The van der Waals surface area contributed by atoms with Gasteiger partial charge in [-0.05, 0) is 6.92 Å². The molecule has 1 rings (SSSR count). The predicted octanol–water partition coefficient (Wildman–Crippen LogP) is 1.19. The molecule has 0 bridgehead atoms. The third-order valence-electron chi connectivity index (χ3n) is 2.34. The maximum absolute atomic E-state index is 9.01. The van der Waals surface area contributed by atoms with Crippen LogP contribution in [0, 0.1) is 0 Å². The topological polar surface area (TPSA) is 23.5 Å². The fourth-order valence-electron chi connectivity index (χ4n) is 1.69. The molecule has 0 aromatic rings. The second-order valence-electron chi connectivity index (χ2n) is 3.74. The Bertz CT molecular complexity index is 132. The molecule has 1 aliphatic rings. The van der Waals surface area contributed by atoms with Crippen LogP contribution in [0.4, 0.5) is 0 Å². The summed E-state index contributed by atoms with van der Waals surface area (Å²) in [5.74, 6) is 0. The van der Waals surface area contributed by atoms with Crippen molar-refractivity contribution >= 4 is 11.8 Å². The number of hydrogen-bond donors (Lipinski definition) is 1. The Balaban J connectivity index is 2.43. The fraction of sp³-hybridized carbons (Fsp3) is 1.00. The zero-order valence-corrected chi connectivity index (χ0v) is 8.97. The first-order chi connectivity index (χ1) is 5.63. The minimum Gasteiger partial charge on any atom is -0.395 e. The highest BCUT2D eigenvalue weighted by atomic mass is 32.2. The molecule has 1 heterocycles. The summed E-state index contributed by atoms with van der Waals surface area (Å²) >= 11 is 2.05. The maximum atomic E-state index is 9.01. The zero-order valence-electron chi connectivity index (χ0n) is 8.16. The zero-order chi connectivity index (χ0) is 9.14. The monoisotopic (exact) mass is 189 g/mol. The summed E-state index contributed by atoms with van der Waals surface area (Å²) in [6.07, 6.45) is 0. The Hall–Kier alpha value is 0.270. The van der Waals surface area contributed by atoms with Gasteiger partial charge in [0.25, 0.3) is 0 Å². The second-order valence-corrected chi connectivity index (χ2v) is 5.62. The quantitative estimate of drug-likeness (QED) is 0.706. The van der Waals surface area contributed by atoms with Gasteiger partial charge in [-0.15, -0.1) is 0 Å². The molecule has 72 valence electrons. The third-order valence-corrected chi connectivity index (χ3v) is 3.56. The number of nitrogens with zero attached hydrogens (tertiary/aromatic N) is 1. The number of rotatable bonds is 2. The van der Waals surface area contributed by atoms with Gasteiger partial charge in [-0.2, -0.15) is 11.8 Å². The number of thioether (sulfide) groups is 1. The van der Waals surface area contributed by atoms with Crippen molar-refractivity contribution < 1.29 is 5.11 Å². The van der Waals surface area contributed by atoms with E-state index in [9.17, 15) is 0 Å². The summed E-state index contributed by atoms with van der Waals surface area (Å²) < 4.78 is 0. The van der Waals surface area contributed by atoms with E-state index in [1.54, 1.807) is 0 Å². The van der Waals surface area contributed by atoms with Crippen molar-refractivity contribution in [2.24, 2.45) is 0 Å². The first kappa shape index (κ1) is 10.4. The lowest BCUT2D eigenvalue weighted by Crippen LogP contribution is -2.46. The molecule has 0 saturated carbocycles. The van der Waals surface area contributed by atoms with Crippen molar-refractivity contribution in [2.45, 2.75) is 37.3 Å². The van der Waals surface area contributed by atoms with Gasteiger partial charge in [0.1, 0.15) is 0 Å². The summed E-state index contributed by atoms with van der Waals surface area (Å²) in [5.41, 5.74) is 0. The van der Waals surface area contributed by atoms with Crippen molar-refractivity contribution in [3.05, 3.63) is 0 Å². The Morgan fingerprint density at radius 3 is 2.33 bits per heavy atom. The van der Waals surface area contributed by atoms with Gasteiger partial charge in [0, 0.05) is 29.6 Å². The average Bonchev–Trinajstić information content (AvgIpc) is 2.01. The number of aliphatic hydroxyl groups excluding tert-OH is 1. The first-order valence-electron chi connectivity index (χ1n) is 4.64. The van der Waals surface area contributed by atoms with Crippen LogP contribution in [-0.2, 0) is 0 Å². The Labute approximate surface area is 79.3 Å². The van der Waals surface area contributed by atoms with E-state index in [-0.39, 0.29) is 6.61 Å². The van der Waals surface area contributed by atoms with Crippen molar-refractivity contribution in [1.29, 1.82) is 0 Å². The molecule has 1 aliphatic heterocycles. The van der Waals surface area contributed by atoms with E-state index in [1.807, 2.05) is 11.8 Å². The van der Waals surface area contributed by atoms with Crippen molar-refractivity contribution in [2.75, 3.05) is 19.7 Å². The molecule has 0 aromatic heterocycles. The molecule has 12 heavy (non-hydrogen) atoms. The maximum Gasteiger partial charge on any atom is 0.0584 e. The molecule has 0 amide bonds. The Morgan fingerprint density at radius 2 is 1.92 bits per heavy atom. The molecule has 1 N–H and O–H groups in total. The lowest BCUT2D eigenvalue weighted by Gasteiger charge is -2.37. The SMILES string of the molecule is CC1CN(C(C)CO)CC(C)S1. The number of aliphatic hydroxyl groups is 1. The van der Waals surface area contributed by atoms with E-state index in [1.165, 1.54) is 0 Å². The molecular weight excluding hydrogens is 170 g/mol. The van der Waals surface area contributed by atoms with Gasteiger partial charge in [0.05, 0.1) is 6.61 Å². The molecular formula is C9H19NOS. The van der Waals surface area contributed by atoms with Crippen LogP contribution in [0.1, 0.15) is 20.8 Å². The summed E-state index contributed by atoms with van der Waals surface area (Å²) in [4.78, 5) is 2.38. The van der Waals surface area contributed by atoms with Crippen LogP contribution in [0.15, 0.2) is 0 Å². The minimum atomic E-state index is 0.282. The van der Waals surface area contributed by atoms with E-state index < -0.39 is 0 Å². The largest absolute Gasteiger partial charge is 0.395 e. The molecule has 1 fully saturated rings. The normalized spacial score (nSPS) is 35.0.